The van der Waals surface area contributed by atoms with Crippen molar-refractivity contribution in [3.63, 3.8) is 0 Å². The maximum atomic E-state index is 12.8. The van der Waals surface area contributed by atoms with E-state index in [-0.39, 0.29) is 22.7 Å². The molecule has 0 spiro atoms. The van der Waals surface area contributed by atoms with Gasteiger partial charge in [0.15, 0.2) is 11.5 Å². The SMILES string of the molecule is O=C(c1c(Cl)cc(Cl)cc1Cl)N1CCN(Cc2ccc3c(c2)OCO3)CC1. The topological polar surface area (TPSA) is 42.0 Å². The predicted octanol–water partition coefficient (Wildman–Crippen LogP) is 4.33. The highest BCUT2D eigenvalue weighted by atomic mass is 35.5. The second-order valence-electron chi connectivity index (χ2n) is 6.50. The molecule has 27 heavy (non-hydrogen) atoms. The van der Waals surface area contributed by atoms with Gasteiger partial charge in [-0.25, -0.2) is 0 Å². The van der Waals surface area contributed by atoms with E-state index in [9.17, 15) is 4.79 Å². The molecular formula is C19H17Cl3N2O3. The third-order valence-electron chi connectivity index (χ3n) is 4.72. The van der Waals surface area contributed by atoms with E-state index in [4.69, 9.17) is 44.3 Å². The van der Waals surface area contributed by atoms with Crippen molar-refractivity contribution in [3.8, 4) is 11.5 Å². The summed E-state index contributed by atoms with van der Waals surface area (Å²) in [6, 6.07) is 9.06. The van der Waals surface area contributed by atoms with E-state index < -0.39 is 0 Å². The monoisotopic (exact) mass is 426 g/mol. The summed E-state index contributed by atoms with van der Waals surface area (Å²) < 4.78 is 10.8. The normalized spacial score (nSPS) is 16.6. The van der Waals surface area contributed by atoms with E-state index >= 15 is 0 Å². The van der Waals surface area contributed by atoms with E-state index in [1.165, 1.54) is 12.1 Å². The third-order valence-corrected chi connectivity index (χ3v) is 5.54. The number of hydrogen-bond donors (Lipinski definition) is 0. The standard InChI is InChI=1S/C19H17Cl3N2O3/c20-13-8-14(21)18(15(22)9-13)19(25)24-5-3-23(4-6-24)10-12-1-2-16-17(7-12)27-11-26-16/h1-2,7-9H,3-6,10-11H2. The van der Waals surface area contributed by atoms with Gasteiger partial charge in [-0.3, -0.25) is 9.69 Å². The first kappa shape index (κ1) is 18.7. The smallest absolute Gasteiger partial charge is 0.256 e. The molecule has 4 rings (SSSR count). The molecule has 0 radical (unpaired) electrons. The van der Waals surface area contributed by atoms with Crippen LogP contribution in [-0.4, -0.2) is 48.7 Å². The fraction of sp³-hybridized carbons (Fsp3) is 0.316. The van der Waals surface area contributed by atoms with Gasteiger partial charge in [0.25, 0.3) is 5.91 Å². The molecule has 0 aliphatic carbocycles. The summed E-state index contributed by atoms with van der Waals surface area (Å²) in [4.78, 5) is 16.9. The molecule has 1 amide bonds. The van der Waals surface area contributed by atoms with Gasteiger partial charge in [0.1, 0.15) is 0 Å². The maximum absolute atomic E-state index is 12.8. The number of hydrogen-bond acceptors (Lipinski definition) is 4. The second kappa shape index (κ2) is 7.76. The average molecular weight is 428 g/mol. The lowest BCUT2D eigenvalue weighted by molar-refractivity contribution is 0.0629. The number of fused-ring (bicyclic) bond motifs is 1. The van der Waals surface area contributed by atoms with Crippen LogP contribution in [-0.2, 0) is 6.54 Å². The van der Waals surface area contributed by atoms with Crippen molar-refractivity contribution in [2.24, 2.45) is 0 Å². The number of carbonyl (C=O) groups is 1. The molecule has 142 valence electrons. The molecule has 2 aromatic carbocycles. The van der Waals surface area contributed by atoms with Crippen molar-refractivity contribution in [1.82, 2.24) is 9.80 Å². The van der Waals surface area contributed by atoms with Crippen molar-refractivity contribution in [2.75, 3.05) is 33.0 Å². The van der Waals surface area contributed by atoms with Gasteiger partial charge >= 0.3 is 0 Å². The van der Waals surface area contributed by atoms with Crippen LogP contribution in [0.5, 0.6) is 11.5 Å². The minimum absolute atomic E-state index is 0.163. The van der Waals surface area contributed by atoms with E-state index in [1.54, 1.807) is 4.90 Å². The third kappa shape index (κ3) is 3.97. The molecule has 2 aliphatic rings. The average Bonchev–Trinajstić information content (AvgIpc) is 3.09. The van der Waals surface area contributed by atoms with Gasteiger partial charge in [0, 0.05) is 37.7 Å². The van der Waals surface area contributed by atoms with Crippen LogP contribution >= 0.6 is 34.8 Å². The Morgan fingerprint density at radius 3 is 2.30 bits per heavy atom. The van der Waals surface area contributed by atoms with Gasteiger partial charge in [0.2, 0.25) is 6.79 Å². The van der Waals surface area contributed by atoms with Gasteiger partial charge in [0.05, 0.1) is 15.6 Å². The van der Waals surface area contributed by atoms with Crippen LogP contribution in [0.2, 0.25) is 15.1 Å². The summed E-state index contributed by atoms with van der Waals surface area (Å²) in [5.41, 5.74) is 1.47. The van der Waals surface area contributed by atoms with Crippen LogP contribution in [0.15, 0.2) is 30.3 Å². The molecule has 0 aromatic heterocycles. The highest BCUT2D eigenvalue weighted by Crippen LogP contribution is 2.33. The Hall–Kier alpha value is -1.66. The molecule has 1 fully saturated rings. The Bertz CT molecular complexity index is 859. The Kier molecular flexibility index (Phi) is 5.37. The molecule has 0 unspecified atom stereocenters. The fourth-order valence-corrected chi connectivity index (χ4v) is 4.29. The van der Waals surface area contributed by atoms with Crippen LogP contribution in [0, 0.1) is 0 Å². The van der Waals surface area contributed by atoms with Crippen molar-refractivity contribution in [1.29, 1.82) is 0 Å². The Morgan fingerprint density at radius 1 is 0.926 bits per heavy atom. The first-order chi connectivity index (χ1) is 13.0. The number of piperazine rings is 1. The summed E-state index contributed by atoms with van der Waals surface area (Å²) in [7, 11) is 0. The lowest BCUT2D eigenvalue weighted by Crippen LogP contribution is -2.48. The number of nitrogens with zero attached hydrogens (tertiary/aromatic N) is 2. The number of rotatable bonds is 3. The van der Waals surface area contributed by atoms with E-state index in [2.05, 4.69) is 4.90 Å². The molecule has 5 nitrogen and oxygen atoms in total. The summed E-state index contributed by atoms with van der Waals surface area (Å²) >= 11 is 18.3. The van der Waals surface area contributed by atoms with Gasteiger partial charge in [-0.2, -0.15) is 0 Å². The molecule has 0 N–H and O–H groups in total. The predicted molar refractivity (Wildman–Crippen MR) is 105 cm³/mol. The summed E-state index contributed by atoms with van der Waals surface area (Å²) in [6.07, 6.45) is 0. The quantitative estimate of drug-likeness (QED) is 0.731. The number of halogens is 3. The molecule has 2 aromatic rings. The van der Waals surface area contributed by atoms with Crippen molar-refractivity contribution in [2.45, 2.75) is 6.54 Å². The molecule has 8 heteroatoms. The summed E-state index contributed by atoms with van der Waals surface area (Å²) in [6.45, 7) is 3.82. The largest absolute Gasteiger partial charge is 0.454 e. The molecule has 0 bridgehead atoms. The summed E-state index contributed by atoms with van der Waals surface area (Å²) in [5.74, 6) is 1.41. The van der Waals surface area contributed by atoms with Crippen LogP contribution in [0.3, 0.4) is 0 Å². The van der Waals surface area contributed by atoms with Crippen LogP contribution in [0.4, 0.5) is 0 Å². The number of amides is 1. The van der Waals surface area contributed by atoms with E-state index in [0.717, 1.165) is 36.7 Å². The van der Waals surface area contributed by atoms with Gasteiger partial charge in [-0.15, -0.1) is 0 Å². The molecule has 0 atom stereocenters. The zero-order valence-electron chi connectivity index (χ0n) is 14.4. The Balaban J connectivity index is 1.38. The van der Waals surface area contributed by atoms with Crippen LogP contribution in [0.25, 0.3) is 0 Å². The lowest BCUT2D eigenvalue weighted by atomic mass is 10.1. The number of carbonyl (C=O) groups excluding carboxylic acids is 1. The van der Waals surface area contributed by atoms with Crippen LogP contribution < -0.4 is 9.47 Å². The Labute approximate surface area is 172 Å². The first-order valence-electron chi connectivity index (χ1n) is 8.56. The Morgan fingerprint density at radius 2 is 1.59 bits per heavy atom. The molecule has 0 saturated carbocycles. The van der Waals surface area contributed by atoms with Crippen LogP contribution in [0.1, 0.15) is 15.9 Å². The van der Waals surface area contributed by atoms with E-state index in [0.29, 0.717) is 23.7 Å². The first-order valence-corrected chi connectivity index (χ1v) is 9.69. The molecule has 1 saturated heterocycles. The maximum Gasteiger partial charge on any atom is 0.256 e. The fourth-order valence-electron chi connectivity index (χ4n) is 3.31. The molecule has 2 aliphatic heterocycles. The van der Waals surface area contributed by atoms with Gasteiger partial charge < -0.3 is 14.4 Å². The van der Waals surface area contributed by atoms with Crippen molar-refractivity contribution in [3.05, 3.63) is 56.5 Å². The minimum atomic E-state index is -0.163. The van der Waals surface area contributed by atoms with Gasteiger partial charge in [-0.1, -0.05) is 40.9 Å². The highest BCUT2D eigenvalue weighted by Gasteiger charge is 2.26. The second-order valence-corrected chi connectivity index (χ2v) is 7.75. The summed E-state index contributed by atoms with van der Waals surface area (Å²) in [5, 5.41) is 0.968. The zero-order valence-corrected chi connectivity index (χ0v) is 16.7. The van der Waals surface area contributed by atoms with Crippen molar-refractivity contribution >= 4 is 40.7 Å². The van der Waals surface area contributed by atoms with E-state index in [1.807, 2.05) is 18.2 Å². The number of benzene rings is 2. The van der Waals surface area contributed by atoms with Crippen molar-refractivity contribution < 1.29 is 14.3 Å². The molecule has 2 heterocycles. The molecular weight excluding hydrogens is 411 g/mol. The highest BCUT2D eigenvalue weighted by molar-refractivity contribution is 6.42. The number of ether oxygens (including phenoxy) is 2. The zero-order chi connectivity index (χ0) is 19.0. The minimum Gasteiger partial charge on any atom is -0.454 e. The lowest BCUT2D eigenvalue weighted by Gasteiger charge is -2.35. The van der Waals surface area contributed by atoms with Gasteiger partial charge in [-0.05, 0) is 29.8 Å².